The molecule has 0 N–H and O–H groups in total. The van der Waals surface area contributed by atoms with Crippen LogP contribution in [0, 0.1) is 5.82 Å². The highest BCUT2D eigenvalue weighted by molar-refractivity contribution is 5.74. The van der Waals surface area contributed by atoms with E-state index in [9.17, 15) is 4.39 Å². The Hall–Kier alpha value is -1.62. The Morgan fingerprint density at radius 3 is 2.63 bits per heavy atom. The normalized spacial score (nSPS) is 11.7. The highest BCUT2D eigenvalue weighted by atomic mass is 19.1. The Kier molecular flexibility index (Phi) is 4.04. The average molecular weight is 265 g/mol. The molecule has 1 heterocycles. The van der Waals surface area contributed by atoms with Gasteiger partial charge in [-0.05, 0) is 40.1 Å². The standard InChI is InChI=1S/C14H20FN3O/c1-10(2)18(8-7-17(3)4)14-16-12-9-11(15)5-6-13(12)19-14/h5-6,9-10H,7-8H2,1-4H3. The Morgan fingerprint density at radius 2 is 2.00 bits per heavy atom. The lowest BCUT2D eigenvalue weighted by Crippen LogP contribution is -2.36. The maximum absolute atomic E-state index is 13.2. The van der Waals surface area contributed by atoms with Gasteiger partial charge in [-0.25, -0.2) is 4.39 Å². The number of hydrogen-bond acceptors (Lipinski definition) is 4. The molecular weight excluding hydrogens is 245 g/mol. The van der Waals surface area contributed by atoms with Gasteiger partial charge in [-0.1, -0.05) is 0 Å². The Morgan fingerprint density at radius 1 is 1.26 bits per heavy atom. The maximum Gasteiger partial charge on any atom is 0.298 e. The molecule has 4 nitrogen and oxygen atoms in total. The number of halogens is 1. The second-order valence-corrected chi connectivity index (χ2v) is 5.20. The van der Waals surface area contributed by atoms with Crippen molar-refractivity contribution in [2.24, 2.45) is 0 Å². The van der Waals surface area contributed by atoms with Crippen LogP contribution < -0.4 is 4.90 Å². The van der Waals surface area contributed by atoms with Gasteiger partial charge in [0.25, 0.3) is 6.01 Å². The molecule has 0 atom stereocenters. The van der Waals surface area contributed by atoms with E-state index in [1.54, 1.807) is 6.07 Å². The summed E-state index contributed by atoms with van der Waals surface area (Å²) in [4.78, 5) is 8.56. The minimum absolute atomic E-state index is 0.276. The lowest BCUT2D eigenvalue weighted by molar-refractivity contribution is 0.400. The fraction of sp³-hybridized carbons (Fsp3) is 0.500. The van der Waals surface area contributed by atoms with Crippen LogP contribution in [0.25, 0.3) is 11.1 Å². The van der Waals surface area contributed by atoms with E-state index in [2.05, 4.69) is 28.6 Å². The summed E-state index contributed by atoms with van der Waals surface area (Å²) in [6.45, 7) is 5.90. The minimum Gasteiger partial charge on any atom is -0.423 e. The third kappa shape index (κ3) is 3.23. The molecule has 5 heteroatoms. The summed E-state index contributed by atoms with van der Waals surface area (Å²) < 4.78 is 18.9. The molecule has 2 aromatic rings. The van der Waals surface area contributed by atoms with Crippen molar-refractivity contribution in [3.63, 3.8) is 0 Å². The predicted molar refractivity (Wildman–Crippen MR) is 75.0 cm³/mol. The lowest BCUT2D eigenvalue weighted by atomic mass is 10.3. The summed E-state index contributed by atoms with van der Waals surface area (Å²) in [5.41, 5.74) is 1.18. The zero-order chi connectivity index (χ0) is 14.0. The number of oxazole rings is 1. The first kappa shape index (κ1) is 13.8. The second kappa shape index (κ2) is 5.57. The number of benzene rings is 1. The largest absolute Gasteiger partial charge is 0.423 e. The van der Waals surface area contributed by atoms with Gasteiger partial charge in [0.05, 0.1) is 0 Å². The number of anilines is 1. The molecule has 1 aromatic carbocycles. The lowest BCUT2D eigenvalue weighted by Gasteiger charge is -2.26. The van der Waals surface area contributed by atoms with Crippen molar-refractivity contribution in [2.75, 3.05) is 32.1 Å². The van der Waals surface area contributed by atoms with E-state index in [1.807, 2.05) is 14.1 Å². The number of aromatic nitrogens is 1. The molecular formula is C14H20FN3O. The molecule has 1 aromatic heterocycles. The van der Waals surface area contributed by atoms with E-state index in [-0.39, 0.29) is 11.9 Å². The van der Waals surface area contributed by atoms with Gasteiger partial charge in [0.15, 0.2) is 5.58 Å². The molecule has 19 heavy (non-hydrogen) atoms. The second-order valence-electron chi connectivity index (χ2n) is 5.20. The zero-order valence-electron chi connectivity index (χ0n) is 11.9. The number of likely N-dealkylation sites (N-methyl/N-ethyl adjacent to an activating group) is 1. The van der Waals surface area contributed by atoms with Gasteiger partial charge >= 0.3 is 0 Å². The van der Waals surface area contributed by atoms with Crippen LogP contribution in [0.2, 0.25) is 0 Å². The SMILES string of the molecule is CC(C)N(CCN(C)C)c1nc2cc(F)ccc2o1. The van der Waals surface area contributed by atoms with Crippen molar-refractivity contribution in [3.8, 4) is 0 Å². The van der Waals surface area contributed by atoms with Crippen molar-refractivity contribution in [3.05, 3.63) is 24.0 Å². The third-order valence-corrected chi connectivity index (χ3v) is 3.00. The van der Waals surface area contributed by atoms with Gasteiger partial charge in [0, 0.05) is 25.2 Å². The van der Waals surface area contributed by atoms with Crippen molar-refractivity contribution in [2.45, 2.75) is 19.9 Å². The van der Waals surface area contributed by atoms with E-state index >= 15 is 0 Å². The van der Waals surface area contributed by atoms with Crippen LogP contribution >= 0.6 is 0 Å². The molecule has 0 saturated heterocycles. The fourth-order valence-corrected chi connectivity index (χ4v) is 1.89. The van der Waals surface area contributed by atoms with Crippen molar-refractivity contribution in [1.82, 2.24) is 9.88 Å². The highest BCUT2D eigenvalue weighted by Gasteiger charge is 2.17. The number of hydrogen-bond donors (Lipinski definition) is 0. The van der Waals surface area contributed by atoms with Crippen molar-refractivity contribution in [1.29, 1.82) is 0 Å². The number of fused-ring (bicyclic) bond motifs is 1. The molecule has 0 amide bonds. The highest BCUT2D eigenvalue weighted by Crippen LogP contribution is 2.23. The molecule has 2 rings (SSSR count). The fourth-order valence-electron chi connectivity index (χ4n) is 1.89. The van der Waals surface area contributed by atoms with Crippen molar-refractivity contribution < 1.29 is 8.81 Å². The van der Waals surface area contributed by atoms with Crippen molar-refractivity contribution >= 4 is 17.1 Å². The summed E-state index contributed by atoms with van der Waals surface area (Å²) in [6, 6.07) is 5.23. The Balaban J connectivity index is 2.28. The van der Waals surface area contributed by atoms with Crippen LogP contribution in [0.15, 0.2) is 22.6 Å². The van der Waals surface area contributed by atoms with Crippen LogP contribution in [-0.4, -0.2) is 43.1 Å². The Bertz CT molecular complexity index is 551. The molecule has 0 radical (unpaired) electrons. The first-order valence-electron chi connectivity index (χ1n) is 6.45. The van der Waals surface area contributed by atoms with Crippen LogP contribution in [0.1, 0.15) is 13.8 Å². The summed E-state index contributed by atoms with van der Waals surface area (Å²) in [6.07, 6.45) is 0. The van der Waals surface area contributed by atoms with E-state index < -0.39 is 0 Å². The van der Waals surface area contributed by atoms with Crippen LogP contribution in [0.4, 0.5) is 10.4 Å². The molecule has 0 aliphatic heterocycles. The molecule has 0 spiro atoms. The van der Waals surface area contributed by atoms with Crippen LogP contribution in [0.3, 0.4) is 0 Å². The molecule has 0 aliphatic rings. The predicted octanol–water partition coefficient (Wildman–Crippen LogP) is 2.74. The van der Waals surface area contributed by atoms with E-state index in [0.29, 0.717) is 17.1 Å². The zero-order valence-corrected chi connectivity index (χ0v) is 11.9. The number of rotatable bonds is 5. The van der Waals surface area contributed by atoms with Gasteiger partial charge in [-0.15, -0.1) is 0 Å². The van der Waals surface area contributed by atoms with Gasteiger partial charge in [-0.2, -0.15) is 4.98 Å². The monoisotopic (exact) mass is 265 g/mol. The molecule has 0 aliphatic carbocycles. The summed E-state index contributed by atoms with van der Waals surface area (Å²) in [5.74, 6) is -0.295. The van der Waals surface area contributed by atoms with E-state index in [1.165, 1.54) is 12.1 Å². The first-order valence-corrected chi connectivity index (χ1v) is 6.45. The summed E-state index contributed by atoms with van der Waals surface area (Å²) >= 11 is 0. The van der Waals surface area contributed by atoms with Gasteiger partial charge < -0.3 is 14.2 Å². The van der Waals surface area contributed by atoms with Crippen LogP contribution in [-0.2, 0) is 0 Å². The summed E-state index contributed by atoms with van der Waals surface area (Å²) in [7, 11) is 4.06. The van der Waals surface area contributed by atoms with E-state index in [4.69, 9.17) is 4.42 Å². The number of nitrogens with zero attached hydrogens (tertiary/aromatic N) is 3. The van der Waals surface area contributed by atoms with Crippen LogP contribution in [0.5, 0.6) is 0 Å². The maximum atomic E-state index is 13.2. The molecule has 0 saturated carbocycles. The molecule has 104 valence electrons. The summed E-state index contributed by atoms with van der Waals surface area (Å²) in [5, 5.41) is 0. The first-order chi connectivity index (χ1) is 8.97. The van der Waals surface area contributed by atoms with Gasteiger partial charge in [-0.3, -0.25) is 0 Å². The molecule has 0 unspecified atom stereocenters. The van der Waals surface area contributed by atoms with Gasteiger partial charge in [0.1, 0.15) is 11.3 Å². The average Bonchev–Trinajstić information content (AvgIpc) is 2.70. The third-order valence-electron chi connectivity index (χ3n) is 3.00. The smallest absolute Gasteiger partial charge is 0.298 e. The topological polar surface area (TPSA) is 32.5 Å². The quantitative estimate of drug-likeness (QED) is 0.832. The molecule has 0 fully saturated rings. The molecule has 0 bridgehead atoms. The van der Waals surface area contributed by atoms with Gasteiger partial charge in [0.2, 0.25) is 0 Å². The Labute approximate surface area is 112 Å². The minimum atomic E-state index is -0.295. The van der Waals surface area contributed by atoms with E-state index in [0.717, 1.165) is 13.1 Å².